The first kappa shape index (κ1) is 19.8. The van der Waals surface area contributed by atoms with Crippen LogP contribution in [-0.4, -0.2) is 31.0 Å². The van der Waals surface area contributed by atoms with Crippen LogP contribution >= 0.6 is 0 Å². The number of carbonyl (C=O) groups excluding carboxylic acids is 1. The number of carbonyl (C=O) groups is 1. The van der Waals surface area contributed by atoms with E-state index in [1.165, 1.54) is 19.2 Å². The van der Waals surface area contributed by atoms with Crippen molar-refractivity contribution in [1.29, 1.82) is 0 Å². The van der Waals surface area contributed by atoms with Crippen molar-refractivity contribution in [3.63, 3.8) is 0 Å². The lowest BCUT2D eigenvalue weighted by atomic mass is 10.1. The number of methoxy groups -OCH3 is 1. The van der Waals surface area contributed by atoms with Gasteiger partial charge in [0.15, 0.2) is 0 Å². The third-order valence-corrected chi connectivity index (χ3v) is 5.99. The van der Waals surface area contributed by atoms with E-state index in [0.29, 0.717) is 11.4 Å². The van der Waals surface area contributed by atoms with Gasteiger partial charge in [0.2, 0.25) is 10.0 Å². The van der Waals surface area contributed by atoms with Crippen LogP contribution in [0.1, 0.15) is 33.4 Å². The molecular formula is C20H21N3O4S. The predicted octanol–water partition coefficient (Wildman–Crippen LogP) is 2.58. The Hall–Kier alpha value is -2.97. The summed E-state index contributed by atoms with van der Waals surface area (Å²) in [4.78, 5) is 16.2. The molecule has 0 bridgehead atoms. The molecule has 0 aliphatic heterocycles. The molecule has 0 aliphatic rings. The highest BCUT2D eigenvalue weighted by molar-refractivity contribution is 7.89. The zero-order valence-corrected chi connectivity index (χ0v) is 16.6. The Bertz CT molecular complexity index is 1090. The number of aryl methyl sites for hydroxylation is 2. The van der Waals surface area contributed by atoms with Crippen LogP contribution in [0.15, 0.2) is 65.8 Å². The normalized spacial score (nSPS) is 12.5. The van der Waals surface area contributed by atoms with E-state index >= 15 is 0 Å². The van der Waals surface area contributed by atoms with Gasteiger partial charge in [-0.2, -0.15) is 4.72 Å². The Kier molecular flexibility index (Phi) is 5.62. The van der Waals surface area contributed by atoms with Crippen molar-refractivity contribution in [2.24, 2.45) is 7.05 Å². The number of hydrogen-bond donors (Lipinski definition) is 1. The maximum atomic E-state index is 13.2. The molecule has 0 amide bonds. The van der Waals surface area contributed by atoms with Crippen molar-refractivity contribution in [2.45, 2.75) is 17.9 Å². The summed E-state index contributed by atoms with van der Waals surface area (Å²) >= 11 is 0. The van der Waals surface area contributed by atoms with Crippen molar-refractivity contribution < 1.29 is 17.9 Å². The molecule has 0 radical (unpaired) electrons. The number of imidazole rings is 1. The summed E-state index contributed by atoms with van der Waals surface area (Å²) in [6.45, 7) is 1.67. The average Bonchev–Trinajstić information content (AvgIpc) is 3.12. The molecule has 1 aromatic heterocycles. The van der Waals surface area contributed by atoms with Gasteiger partial charge in [0, 0.05) is 19.4 Å². The minimum atomic E-state index is -3.96. The van der Waals surface area contributed by atoms with E-state index in [-0.39, 0.29) is 10.5 Å². The molecule has 1 heterocycles. The van der Waals surface area contributed by atoms with E-state index in [1.807, 2.05) is 30.3 Å². The molecule has 2 aromatic carbocycles. The summed E-state index contributed by atoms with van der Waals surface area (Å²) in [5.74, 6) is -0.0447. The van der Waals surface area contributed by atoms with Gasteiger partial charge in [-0.1, -0.05) is 36.4 Å². The first-order chi connectivity index (χ1) is 13.3. The van der Waals surface area contributed by atoms with E-state index in [9.17, 15) is 13.2 Å². The third kappa shape index (κ3) is 3.97. The Balaban J connectivity index is 2.06. The summed E-state index contributed by atoms with van der Waals surface area (Å²) < 4.78 is 35.6. The second kappa shape index (κ2) is 7.95. The second-order valence-corrected chi connectivity index (χ2v) is 8.02. The number of aromatic nitrogens is 2. The predicted molar refractivity (Wildman–Crippen MR) is 104 cm³/mol. The van der Waals surface area contributed by atoms with Gasteiger partial charge in [-0.3, -0.25) is 0 Å². The van der Waals surface area contributed by atoms with Gasteiger partial charge in [-0.15, -0.1) is 0 Å². The highest BCUT2D eigenvalue weighted by atomic mass is 32.2. The number of hydrogen-bond acceptors (Lipinski definition) is 5. The van der Waals surface area contributed by atoms with Gasteiger partial charge in [-0.25, -0.2) is 18.2 Å². The third-order valence-electron chi connectivity index (χ3n) is 4.42. The molecule has 0 saturated heterocycles. The average molecular weight is 399 g/mol. The summed E-state index contributed by atoms with van der Waals surface area (Å²) in [7, 11) is -0.904. The number of nitrogens with zero attached hydrogens (tertiary/aromatic N) is 2. The lowest BCUT2D eigenvalue weighted by molar-refractivity contribution is 0.0600. The van der Waals surface area contributed by atoms with Gasteiger partial charge >= 0.3 is 5.97 Å². The SMILES string of the molecule is COC(=O)c1ccc(C)c(S(=O)(=O)NC(c2ccccc2)c2nccn2C)c1. The molecule has 3 aromatic rings. The van der Waals surface area contributed by atoms with E-state index in [1.54, 1.807) is 37.0 Å². The van der Waals surface area contributed by atoms with Crippen molar-refractivity contribution >= 4 is 16.0 Å². The van der Waals surface area contributed by atoms with Crippen LogP contribution in [0.5, 0.6) is 0 Å². The molecule has 146 valence electrons. The fourth-order valence-corrected chi connectivity index (χ4v) is 4.38. The molecule has 8 heteroatoms. The van der Waals surface area contributed by atoms with E-state index in [0.717, 1.165) is 5.56 Å². The van der Waals surface area contributed by atoms with Crippen molar-refractivity contribution in [1.82, 2.24) is 14.3 Å². The summed E-state index contributed by atoms with van der Waals surface area (Å²) in [6, 6.07) is 13.0. The fourth-order valence-electron chi connectivity index (χ4n) is 2.92. The fraction of sp³-hybridized carbons (Fsp3) is 0.200. The highest BCUT2D eigenvalue weighted by Crippen LogP contribution is 2.25. The van der Waals surface area contributed by atoms with Gasteiger partial charge in [0.05, 0.1) is 17.6 Å². The van der Waals surface area contributed by atoms with Gasteiger partial charge in [0.1, 0.15) is 11.9 Å². The summed E-state index contributed by atoms with van der Waals surface area (Å²) in [5.41, 5.74) is 1.44. The first-order valence-corrected chi connectivity index (χ1v) is 10.1. The van der Waals surface area contributed by atoms with Crippen LogP contribution in [0.4, 0.5) is 0 Å². The zero-order chi connectivity index (χ0) is 20.3. The molecule has 7 nitrogen and oxygen atoms in total. The molecule has 3 rings (SSSR count). The number of sulfonamides is 1. The van der Waals surface area contributed by atoms with Gasteiger partial charge in [-0.05, 0) is 30.2 Å². The van der Waals surface area contributed by atoms with Crippen LogP contribution in [0.3, 0.4) is 0 Å². The lowest BCUT2D eigenvalue weighted by Gasteiger charge is -2.20. The van der Waals surface area contributed by atoms with Gasteiger partial charge < -0.3 is 9.30 Å². The van der Waals surface area contributed by atoms with E-state index < -0.39 is 22.0 Å². The largest absolute Gasteiger partial charge is 0.465 e. The smallest absolute Gasteiger partial charge is 0.337 e. The minimum Gasteiger partial charge on any atom is -0.465 e. The van der Waals surface area contributed by atoms with Crippen LogP contribution in [0, 0.1) is 6.92 Å². The molecule has 0 fully saturated rings. The number of rotatable bonds is 6. The number of esters is 1. The van der Waals surface area contributed by atoms with Crippen LogP contribution in [-0.2, 0) is 21.8 Å². The van der Waals surface area contributed by atoms with E-state index in [4.69, 9.17) is 4.74 Å². The van der Waals surface area contributed by atoms with Crippen LogP contribution in [0.2, 0.25) is 0 Å². The number of ether oxygens (including phenoxy) is 1. The Morgan fingerprint density at radius 3 is 2.50 bits per heavy atom. The van der Waals surface area contributed by atoms with Crippen molar-refractivity contribution in [3.05, 3.63) is 83.4 Å². The maximum Gasteiger partial charge on any atom is 0.337 e. The van der Waals surface area contributed by atoms with Gasteiger partial charge in [0.25, 0.3) is 0 Å². The monoisotopic (exact) mass is 399 g/mol. The van der Waals surface area contributed by atoms with Crippen LogP contribution in [0.25, 0.3) is 0 Å². The molecule has 0 saturated carbocycles. The Morgan fingerprint density at radius 2 is 1.89 bits per heavy atom. The first-order valence-electron chi connectivity index (χ1n) is 8.57. The zero-order valence-electron chi connectivity index (χ0n) is 15.8. The highest BCUT2D eigenvalue weighted by Gasteiger charge is 2.27. The minimum absolute atomic E-state index is 0.0190. The number of benzene rings is 2. The Morgan fingerprint density at radius 1 is 1.18 bits per heavy atom. The molecule has 0 spiro atoms. The molecule has 28 heavy (non-hydrogen) atoms. The quantitative estimate of drug-likeness (QED) is 0.644. The molecular weight excluding hydrogens is 378 g/mol. The molecule has 1 unspecified atom stereocenters. The number of nitrogens with one attached hydrogen (secondary N) is 1. The topological polar surface area (TPSA) is 90.3 Å². The summed E-state index contributed by atoms with van der Waals surface area (Å²) in [5, 5.41) is 0. The van der Waals surface area contributed by atoms with Crippen molar-refractivity contribution in [2.75, 3.05) is 7.11 Å². The van der Waals surface area contributed by atoms with Crippen LogP contribution < -0.4 is 4.72 Å². The van der Waals surface area contributed by atoms with Crippen molar-refractivity contribution in [3.8, 4) is 0 Å². The Labute approximate surface area is 164 Å². The maximum absolute atomic E-state index is 13.2. The second-order valence-electron chi connectivity index (χ2n) is 6.33. The molecule has 0 aliphatic carbocycles. The molecule has 1 atom stereocenters. The summed E-state index contributed by atoms with van der Waals surface area (Å²) in [6.07, 6.45) is 3.37. The standard InChI is InChI=1S/C20H21N3O4S/c1-14-9-10-16(20(24)27-3)13-17(14)28(25,26)22-18(15-7-5-4-6-8-15)19-21-11-12-23(19)2/h4-13,18,22H,1-3H3. The molecule has 1 N–H and O–H groups in total. The van der Waals surface area contributed by atoms with E-state index in [2.05, 4.69) is 9.71 Å². The lowest BCUT2D eigenvalue weighted by Crippen LogP contribution is -2.31.